The quantitative estimate of drug-likeness (QED) is 0.613. The number of benzene rings is 2. The maximum absolute atomic E-state index is 14.0. The summed E-state index contributed by atoms with van der Waals surface area (Å²) >= 11 is 0. The highest BCUT2D eigenvalue weighted by molar-refractivity contribution is 6.05. The molecule has 35 heavy (non-hydrogen) atoms. The second kappa shape index (κ2) is 9.97. The molecule has 0 spiro atoms. The van der Waals surface area contributed by atoms with E-state index in [4.69, 9.17) is 4.74 Å². The van der Waals surface area contributed by atoms with Crippen LogP contribution in [0.15, 0.2) is 42.5 Å². The van der Waals surface area contributed by atoms with Crippen LogP contribution in [0.25, 0.3) is 0 Å². The summed E-state index contributed by atoms with van der Waals surface area (Å²) in [6.45, 7) is 6.46. The molecule has 1 atom stereocenters. The van der Waals surface area contributed by atoms with Gasteiger partial charge in [0.15, 0.2) is 0 Å². The molecule has 1 aliphatic rings. The van der Waals surface area contributed by atoms with E-state index in [0.29, 0.717) is 5.56 Å². The molecule has 3 amide bonds. The highest BCUT2D eigenvalue weighted by Gasteiger charge is 2.48. The molecule has 2 N–H and O–H groups in total. The second-order valence-electron chi connectivity index (χ2n) is 8.65. The Labute approximate surface area is 201 Å². The Morgan fingerprint density at radius 1 is 1.14 bits per heavy atom. The molecule has 1 unspecified atom stereocenters. The van der Waals surface area contributed by atoms with Crippen LogP contribution < -0.4 is 20.3 Å². The lowest BCUT2D eigenvalue weighted by Crippen LogP contribution is -2.54. The van der Waals surface area contributed by atoms with Gasteiger partial charge in [-0.05, 0) is 32.9 Å². The molecule has 1 aliphatic heterocycles. The first kappa shape index (κ1) is 26.1. The van der Waals surface area contributed by atoms with E-state index in [9.17, 15) is 27.6 Å². The third-order valence-electron chi connectivity index (χ3n) is 5.63. The van der Waals surface area contributed by atoms with Crippen molar-refractivity contribution < 1.29 is 32.3 Å². The summed E-state index contributed by atoms with van der Waals surface area (Å²) < 4.78 is 47.9. The lowest BCUT2D eigenvalue weighted by Gasteiger charge is -2.41. The predicted octanol–water partition coefficient (Wildman–Crippen LogP) is 4.01. The lowest BCUT2D eigenvalue weighted by molar-refractivity contribution is -0.138. The SMILES string of the molecule is CCC(=O)NCCN1C(=O)C(C)(c2ccccc2)Oc2cc(C(F)(F)F)c(C(=O)NC(C)C)cc21. The second-order valence-corrected chi connectivity index (χ2v) is 8.65. The van der Waals surface area contributed by atoms with Crippen molar-refractivity contribution in [2.45, 2.75) is 51.9 Å². The summed E-state index contributed by atoms with van der Waals surface area (Å²) in [5.74, 6) is -1.87. The standard InChI is InChI=1S/C25H28F3N3O4/c1-5-21(32)29-11-12-31-19-13-17(22(33)30-15(2)3)18(25(26,27)28)14-20(19)35-24(4,23(31)34)16-9-7-6-8-10-16/h6-10,13-15H,5,11-12H2,1-4H3,(H,29,32)(H,30,33). The predicted molar refractivity (Wildman–Crippen MR) is 124 cm³/mol. The molecule has 1 heterocycles. The van der Waals surface area contributed by atoms with Crippen LogP contribution in [-0.2, 0) is 21.4 Å². The van der Waals surface area contributed by atoms with Gasteiger partial charge >= 0.3 is 6.18 Å². The maximum atomic E-state index is 14.0. The van der Waals surface area contributed by atoms with Gasteiger partial charge in [-0.1, -0.05) is 37.3 Å². The van der Waals surface area contributed by atoms with Crippen molar-refractivity contribution in [1.82, 2.24) is 10.6 Å². The minimum Gasteiger partial charge on any atom is -0.471 e. The topological polar surface area (TPSA) is 87.7 Å². The number of anilines is 1. The van der Waals surface area contributed by atoms with E-state index in [1.165, 1.54) is 11.8 Å². The van der Waals surface area contributed by atoms with Crippen LogP contribution in [0.1, 0.15) is 55.6 Å². The Bertz CT molecular complexity index is 1120. The van der Waals surface area contributed by atoms with Gasteiger partial charge in [-0.2, -0.15) is 13.2 Å². The number of carbonyl (C=O) groups excluding carboxylic acids is 3. The number of fused-ring (bicyclic) bond motifs is 1. The zero-order chi connectivity index (χ0) is 26.0. The lowest BCUT2D eigenvalue weighted by atomic mass is 9.91. The molecule has 0 saturated carbocycles. The zero-order valence-electron chi connectivity index (χ0n) is 20.0. The van der Waals surface area contributed by atoms with E-state index in [0.717, 1.165) is 12.1 Å². The summed E-state index contributed by atoms with van der Waals surface area (Å²) in [6.07, 6.45) is -4.60. The fourth-order valence-electron chi connectivity index (χ4n) is 3.85. The molecule has 0 fully saturated rings. The van der Waals surface area contributed by atoms with Crippen molar-refractivity contribution in [3.63, 3.8) is 0 Å². The molecule has 10 heteroatoms. The van der Waals surface area contributed by atoms with Crippen molar-refractivity contribution in [2.24, 2.45) is 0 Å². The van der Waals surface area contributed by atoms with Gasteiger partial charge in [0.2, 0.25) is 11.5 Å². The zero-order valence-corrected chi connectivity index (χ0v) is 20.0. The molecule has 2 aromatic carbocycles. The molecule has 2 aromatic rings. The number of halogens is 3. The highest BCUT2D eigenvalue weighted by Crippen LogP contribution is 2.46. The third-order valence-corrected chi connectivity index (χ3v) is 5.63. The van der Waals surface area contributed by atoms with Crippen molar-refractivity contribution in [3.8, 4) is 5.75 Å². The third kappa shape index (κ3) is 5.41. The van der Waals surface area contributed by atoms with Gasteiger partial charge < -0.3 is 20.3 Å². The van der Waals surface area contributed by atoms with Gasteiger partial charge in [-0.15, -0.1) is 0 Å². The van der Waals surface area contributed by atoms with Gasteiger partial charge in [0, 0.05) is 31.1 Å². The van der Waals surface area contributed by atoms with E-state index in [1.807, 2.05) is 0 Å². The number of carbonyl (C=O) groups is 3. The molecule has 7 nitrogen and oxygen atoms in total. The maximum Gasteiger partial charge on any atom is 0.417 e. The number of hydrogen-bond donors (Lipinski definition) is 2. The first-order chi connectivity index (χ1) is 16.4. The smallest absolute Gasteiger partial charge is 0.417 e. The van der Waals surface area contributed by atoms with Crippen molar-refractivity contribution >= 4 is 23.4 Å². The first-order valence-corrected chi connectivity index (χ1v) is 11.3. The monoisotopic (exact) mass is 491 g/mol. The van der Waals surface area contributed by atoms with Crippen LogP contribution in [0.4, 0.5) is 18.9 Å². The first-order valence-electron chi connectivity index (χ1n) is 11.3. The van der Waals surface area contributed by atoms with Crippen LogP contribution in [0.5, 0.6) is 5.75 Å². The van der Waals surface area contributed by atoms with Crippen LogP contribution >= 0.6 is 0 Å². The van der Waals surface area contributed by atoms with E-state index < -0.39 is 40.8 Å². The highest BCUT2D eigenvalue weighted by atomic mass is 19.4. The number of ether oxygens (including phenoxy) is 1. The van der Waals surface area contributed by atoms with Gasteiger partial charge in [0.1, 0.15) is 5.75 Å². The van der Waals surface area contributed by atoms with E-state index in [2.05, 4.69) is 10.6 Å². The van der Waals surface area contributed by atoms with Gasteiger partial charge in [0.25, 0.3) is 11.8 Å². The van der Waals surface area contributed by atoms with Crippen LogP contribution in [0.3, 0.4) is 0 Å². The summed E-state index contributed by atoms with van der Waals surface area (Å²) in [6, 6.07) is 9.81. The number of nitrogens with zero attached hydrogens (tertiary/aromatic N) is 1. The largest absolute Gasteiger partial charge is 0.471 e. The summed E-state index contributed by atoms with van der Waals surface area (Å²) in [5.41, 5.74) is -2.93. The van der Waals surface area contributed by atoms with Crippen LogP contribution in [-0.4, -0.2) is 36.9 Å². The Morgan fingerprint density at radius 2 is 1.80 bits per heavy atom. The molecule has 0 aromatic heterocycles. The number of nitrogens with one attached hydrogen (secondary N) is 2. The fraction of sp³-hybridized carbons (Fsp3) is 0.400. The number of hydrogen-bond acceptors (Lipinski definition) is 4. The Hall–Kier alpha value is -3.56. The number of amides is 3. The molecule has 0 aliphatic carbocycles. The number of rotatable bonds is 7. The molecule has 0 saturated heterocycles. The van der Waals surface area contributed by atoms with Crippen LogP contribution in [0, 0.1) is 0 Å². The fourth-order valence-corrected chi connectivity index (χ4v) is 3.85. The Morgan fingerprint density at radius 3 is 2.37 bits per heavy atom. The molecule has 0 radical (unpaired) electrons. The van der Waals surface area contributed by atoms with Crippen molar-refractivity contribution in [1.29, 1.82) is 0 Å². The van der Waals surface area contributed by atoms with Gasteiger partial charge in [-0.3, -0.25) is 14.4 Å². The minimum atomic E-state index is -4.84. The average Bonchev–Trinajstić information content (AvgIpc) is 2.80. The van der Waals surface area contributed by atoms with E-state index >= 15 is 0 Å². The van der Waals surface area contributed by atoms with E-state index in [-0.39, 0.29) is 36.9 Å². The minimum absolute atomic E-state index is 0.0241. The molecular formula is C25H28F3N3O4. The Kier molecular flexibility index (Phi) is 7.42. The number of alkyl halides is 3. The molecule has 0 bridgehead atoms. The molecule has 3 rings (SSSR count). The average molecular weight is 492 g/mol. The molecular weight excluding hydrogens is 463 g/mol. The molecule has 188 valence electrons. The van der Waals surface area contributed by atoms with Crippen LogP contribution in [0.2, 0.25) is 0 Å². The van der Waals surface area contributed by atoms with E-state index in [1.54, 1.807) is 51.1 Å². The van der Waals surface area contributed by atoms with Gasteiger partial charge in [-0.25, -0.2) is 0 Å². The normalized spacial score (nSPS) is 17.6. The summed E-state index contributed by atoms with van der Waals surface area (Å²) in [4.78, 5) is 39.3. The summed E-state index contributed by atoms with van der Waals surface area (Å²) in [5, 5.41) is 5.14. The Balaban J connectivity index is 2.17. The van der Waals surface area contributed by atoms with Gasteiger partial charge in [0.05, 0.1) is 16.8 Å². The van der Waals surface area contributed by atoms with Crippen molar-refractivity contribution in [3.05, 3.63) is 59.2 Å². The summed E-state index contributed by atoms with van der Waals surface area (Å²) in [7, 11) is 0. The van der Waals surface area contributed by atoms with Crippen molar-refractivity contribution in [2.75, 3.05) is 18.0 Å².